The van der Waals surface area contributed by atoms with Crippen molar-refractivity contribution >= 4 is 0 Å². The van der Waals surface area contributed by atoms with Crippen molar-refractivity contribution in [3.8, 4) is 11.1 Å². The molecular formula is C8H4N4. The second-order valence-corrected chi connectivity index (χ2v) is 2.14. The number of nitrogens with zero attached hydrogens (tertiary/aromatic N) is 4. The topological polar surface area (TPSA) is 51.6 Å². The molecule has 4 heteroatoms. The third kappa shape index (κ3) is 1.27. The fourth-order valence-electron chi connectivity index (χ4n) is 0.825. The maximum atomic E-state index is 3.76. The molecule has 0 saturated carbocycles. The molecule has 2 rings (SSSR count). The predicted octanol–water partition coefficient (Wildman–Crippen LogP) is 0.534. The predicted molar refractivity (Wildman–Crippen MR) is 40.7 cm³/mol. The van der Waals surface area contributed by atoms with E-state index in [2.05, 4.69) is 32.6 Å². The zero-order valence-electron chi connectivity index (χ0n) is 6.10. The smallest absolute Gasteiger partial charge is 0.197 e. The molecule has 2 aromatic heterocycles. The maximum Gasteiger partial charge on any atom is 0.197 e. The van der Waals surface area contributed by atoms with Gasteiger partial charge in [0, 0.05) is 35.9 Å². The summed E-state index contributed by atoms with van der Waals surface area (Å²) in [5.74, 6) is 0. The van der Waals surface area contributed by atoms with E-state index >= 15 is 0 Å². The summed E-state index contributed by atoms with van der Waals surface area (Å²) in [5, 5.41) is 0. The highest BCUT2D eigenvalue weighted by molar-refractivity contribution is 5.58. The molecule has 12 heavy (non-hydrogen) atoms. The van der Waals surface area contributed by atoms with Crippen LogP contribution in [0.15, 0.2) is 24.8 Å². The highest BCUT2D eigenvalue weighted by atomic mass is 14.8. The number of hydrogen-bond donors (Lipinski definition) is 0. The molecule has 0 spiro atoms. The molecule has 2 heterocycles. The molecule has 0 aromatic carbocycles. The molecule has 0 amide bonds. The van der Waals surface area contributed by atoms with E-state index in [1.165, 1.54) is 0 Å². The molecule has 0 aliphatic carbocycles. The van der Waals surface area contributed by atoms with Gasteiger partial charge >= 0.3 is 0 Å². The van der Waals surface area contributed by atoms with Crippen molar-refractivity contribution in [3.05, 3.63) is 37.4 Å². The Morgan fingerprint density at radius 1 is 0.667 bits per heavy atom. The summed E-state index contributed by atoms with van der Waals surface area (Å²) in [7, 11) is 0. The summed E-state index contributed by atoms with van der Waals surface area (Å²) in [6.07, 6.45) is 11.5. The molecule has 0 bridgehead atoms. The minimum absolute atomic E-state index is 0.878. The van der Waals surface area contributed by atoms with Crippen molar-refractivity contribution in [1.82, 2.24) is 19.9 Å². The van der Waals surface area contributed by atoms with Crippen LogP contribution in [0.3, 0.4) is 0 Å². The Labute approximate surface area is 69.4 Å². The average Bonchev–Trinajstić information content (AvgIpc) is 2.21. The van der Waals surface area contributed by atoms with E-state index in [1.807, 2.05) is 0 Å². The van der Waals surface area contributed by atoms with Gasteiger partial charge < -0.3 is 0 Å². The van der Waals surface area contributed by atoms with Crippen LogP contribution in [0.2, 0.25) is 0 Å². The van der Waals surface area contributed by atoms with Crippen molar-refractivity contribution in [1.29, 1.82) is 0 Å². The van der Waals surface area contributed by atoms with Crippen molar-refractivity contribution in [2.45, 2.75) is 0 Å². The van der Waals surface area contributed by atoms with Crippen molar-refractivity contribution in [2.24, 2.45) is 0 Å². The zero-order chi connectivity index (χ0) is 8.23. The van der Waals surface area contributed by atoms with Gasteiger partial charge in [-0.3, -0.25) is 0 Å². The second kappa shape index (κ2) is 3.04. The van der Waals surface area contributed by atoms with Crippen molar-refractivity contribution in [2.75, 3.05) is 0 Å². The highest BCUT2D eigenvalue weighted by Gasteiger charge is 1.95. The summed E-state index contributed by atoms with van der Waals surface area (Å²) in [6, 6.07) is 0. The van der Waals surface area contributed by atoms with Crippen molar-refractivity contribution in [3.63, 3.8) is 0 Å². The summed E-state index contributed by atoms with van der Waals surface area (Å²) in [4.78, 5) is 15.0. The normalized spacial score (nSPS) is 9.67. The number of rotatable bonds is 1. The van der Waals surface area contributed by atoms with E-state index < -0.39 is 0 Å². The van der Waals surface area contributed by atoms with E-state index in [0.29, 0.717) is 0 Å². The maximum absolute atomic E-state index is 3.76. The van der Waals surface area contributed by atoms with Gasteiger partial charge in [-0.15, -0.1) is 0 Å². The molecule has 0 aliphatic heterocycles. The Balaban J connectivity index is 2.46. The monoisotopic (exact) mass is 156 g/mol. The van der Waals surface area contributed by atoms with E-state index in [4.69, 9.17) is 0 Å². The molecule has 0 unspecified atom stereocenters. The van der Waals surface area contributed by atoms with Gasteiger partial charge in [0.05, 0.1) is 0 Å². The van der Waals surface area contributed by atoms with Crippen LogP contribution in [0.5, 0.6) is 0 Å². The number of aromatic nitrogens is 4. The van der Waals surface area contributed by atoms with Crippen LogP contribution >= 0.6 is 0 Å². The molecular weight excluding hydrogens is 152 g/mol. The Bertz CT molecular complexity index is 308. The van der Waals surface area contributed by atoms with Gasteiger partial charge in [-0.05, 0) is 0 Å². The Hall–Kier alpha value is -1.84. The fraction of sp³-hybridized carbons (Fsp3) is 0. The van der Waals surface area contributed by atoms with Gasteiger partial charge in [0.25, 0.3) is 0 Å². The lowest BCUT2D eigenvalue weighted by Gasteiger charge is -1.95. The van der Waals surface area contributed by atoms with Crippen LogP contribution in [-0.4, -0.2) is 19.9 Å². The molecule has 0 atom stereocenters. The number of hydrogen-bond acceptors (Lipinski definition) is 4. The van der Waals surface area contributed by atoms with Crippen LogP contribution in [0.25, 0.3) is 11.1 Å². The van der Waals surface area contributed by atoms with Gasteiger partial charge in [-0.1, -0.05) is 0 Å². The zero-order valence-corrected chi connectivity index (χ0v) is 6.10. The Kier molecular flexibility index (Phi) is 1.74. The summed E-state index contributed by atoms with van der Waals surface area (Å²) >= 11 is 0. The van der Waals surface area contributed by atoms with Gasteiger partial charge in [-0.25, -0.2) is 19.9 Å². The van der Waals surface area contributed by atoms with Crippen LogP contribution < -0.4 is 0 Å². The quantitative estimate of drug-likeness (QED) is 0.604. The SMILES string of the molecule is [c]1ncc(-c2cn[c]nc2)cn1. The third-order valence-electron chi connectivity index (χ3n) is 1.38. The van der Waals surface area contributed by atoms with Crippen LogP contribution in [0.1, 0.15) is 0 Å². The summed E-state index contributed by atoms with van der Waals surface area (Å²) in [6.45, 7) is 0. The van der Waals surface area contributed by atoms with Gasteiger partial charge in [0.15, 0.2) is 12.7 Å². The lowest BCUT2D eigenvalue weighted by Crippen LogP contribution is -1.84. The molecule has 56 valence electrons. The third-order valence-corrected chi connectivity index (χ3v) is 1.38. The Morgan fingerprint density at radius 2 is 1.00 bits per heavy atom. The molecule has 0 fully saturated rings. The lowest BCUT2D eigenvalue weighted by molar-refractivity contribution is 1.12. The molecule has 0 saturated heterocycles. The van der Waals surface area contributed by atoms with Gasteiger partial charge in [0.1, 0.15) is 0 Å². The van der Waals surface area contributed by atoms with Gasteiger partial charge in [-0.2, -0.15) is 0 Å². The van der Waals surface area contributed by atoms with Gasteiger partial charge in [0.2, 0.25) is 0 Å². The fourth-order valence-corrected chi connectivity index (χ4v) is 0.825. The highest BCUT2D eigenvalue weighted by Crippen LogP contribution is 2.12. The Morgan fingerprint density at radius 3 is 1.33 bits per heavy atom. The largest absolute Gasteiger partial charge is 0.233 e. The average molecular weight is 156 g/mol. The minimum atomic E-state index is 0.878. The van der Waals surface area contributed by atoms with Crippen LogP contribution in [0, 0.1) is 12.7 Å². The van der Waals surface area contributed by atoms with Crippen LogP contribution in [0.4, 0.5) is 0 Å². The first kappa shape index (κ1) is 6.84. The van der Waals surface area contributed by atoms with E-state index in [0.717, 1.165) is 11.1 Å². The van der Waals surface area contributed by atoms with E-state index in [1.54, 1.807) is 24.8 Å². The standard InChI is InChI=1S/C8H4N4/c1-7(2-10-5-9-1)8-3-11-6-12-4-8/h1-4H. The van der Waals surface area contributed by atoms with E-state index in [-0.39, 0.29) is 0 Å². The summed E-state index contributed by atoms with van der Waals surface area (Å²) < 4.78 is 0. The second-order valence-electron chi connectivity index (χ2n) is 2.14. The molecule has 4 nitrogen and oxygen atoms in total. The van der Waals surface area contributed by atoms with Crippen molar-refractivity contribution < 1.29 is 0 Å². The molecule has 0 aliphatic rings. The summed E-state index contributed by atoms with van der Waals surface area (Å²) in [5.41, 5.74) is 1.76. The molecule has 2 radical (unpaired) electrons. The first-order valence-electron chi connectivity index (χ1n) is 3.33. The molecule has 0 N–H and O–H groups in total. The minimum Gasteiger partial charge on any atom is -0.233 e. The van der Waals surface area contributed by atoms with Crippen LogP contribution in [-0.2, 0) is 0 Å². The first-order valence-corrected chi connectivity index (χ1v) is 3.33. The first-order chi connectivity index (χ1) is 5.97. The lowest BCUT2D eigenvalue weighted by atomic mass is 10.2. The van der Waals surface area contributed by atoms with E-state index in [9.17, 15) is 0 Å². The molecule has 2 aromatic rings.